The van der Waals surface area contributed by atoms with E-state index in [1.165, 1.54) is 6.26 Å². The summed E-state index contributed by atoms with van der Waals surface area (Å²) in [7, 11) is -5.68. The van der Waals surface area contributed by atoms with E-state index < -0.39 is 29.2 Å². The minimum absolute atomic E-state index is 0.0772. The molecule has 3 aromatic rings. The number of pyridine rings is 2. The van der Waals surface area contributed by atoms with Gasteiger partial charge in [-0.1, -0.05) is 13.8 Å². The standard InChI is InChI=1S/C26H34FN7O3S/c1-16(2)25-18-9-24(29-10-19(18)21(11-30-25)34-12-17(13-34)15-38(4,35)36)31-23-5-7-28-26(32-23)33-8-6-22(37-3)20(27)14-33/h5,7,9-11,16-17,20,22H,6,8,12-15H2,1-4H3,(H,28,29,31,32)/t20-,22+/m0/s1/i3D3. The van der Waals surface area contributed by atoms with Crippen molar-refractivity contribution in [1.82, 2.24) is 19.9 Å². The number of piperidine rings is 1. The van der Waals surface area contributed by atoms with Crippen molar-refractivity contribution in [3.05, 3.63) is 36.4 Å². The first-order valence-electron chi connectivity index (χ1n) is 14.1. The van der Waals surface area contributed by atoms with E-state index in [9.17, 15) is 12.8 Å². The second-order valence-electron chi connectivity index (χ2n) is 10.4. The number of rotatable bonds is 8. The molecule has 2 aliphatic rings. The molecule has 2 atom stereocenters. The number of halogens is 1. The summed E-state index contributed by atoms with van der Waals surface area (Å²) in [6, 6.07) is 3.61. The molecule has 0 aliphatic carbocycles. The number of aromatic nitrogens is 4. The Labute approximate surface area is 226 Å². The lowest BCUT2D eigenvalue weighted by molar-refractivity contribution is 0.0194. The second kappa shape index (κ2) is 10.6. The van der Waals surface area contributed by atoms with Crippen LogP contribution in [-0.4, -0.2) is 85.9 Å². The summed E-state index contributed by atoms with van der Waals surface area (Å²) in [6.07, 6.45) is 4.17. The summed E-state index contributed by atoms with van der Waals surface area (Å²) in [5.41, 5.74) is 1.84. The lowest BCUT2D eigenvalue weighted by atomic mass is 9.98. The average molecular weight is 547 g/mol. The molecule has 2 aliphatic heterocycles. The average Bonchev–Trinajstić information content (AvgIpc) is 2.85. The topological polar surface area (TPSA) is 113 Å². The van der Waals surface area contributed by atoms with Crippen molar-refractivity contribution in [2.45, 2.75) is 38.5 Å². The number of nitrogens with zero attached hydrogens (tertiary/aromatic N) is 6. The quantitative estimate of drug-likeness (QED) is 0.451. The zero-order valence-electron chi connectivity index (χ0n) is 24.6. The fourth-order valence-electron chi connectivity index (χ4n) is 5.12. The van der Waals surface area contributed by atoms with Crippen LogP contribution >= 0.6 is 0 Å². The van der Waals surface area contributed by atoms with Crippen LogP contribution in [0.2, 0.25) is 0 Å². The van der Waals surface area contributed by atoms with Gasteiger partial charge in [0.2, 0.25) is 5.95 Å². The van der Waals surface area contributed by atoms with Crippen molar-refractivity contribution >= 4 is 43.9 Å². The largest absolute Gasteiger partial charge is 0.378 e. The second-order valence-corrected chi connectivity index (χ2v) is 12.6. The Morgan fingerprint density at radius 1 is 1.16 bits per heavy atom. The van der Waals surface area contributed by atoms with Gasteiger partial charge in [0.05, 0.1) is 40.1 Å². The first-order valence-corrected chi connectivity index (χ1v) is 14.7. The Bertz CT molecular complexity index is 1520. The zero-order valence-corrected chi connectivity index (χ0v) is 22.4. The molecular formula is C26H34FN7O3S. The van der Waals surface area contributed by atoms with E-state index in [4.69, 9.17) is 13.8 Å². The van der Waals surface area contributed by atoms with E-state index in [1.807, 2.05) is 12.3 Å². The maximum atomic E-state index is 14.7. The van der Waals surface area contributed by atoms with Gasteiger partial charge in [0.15, 0.2) is 0 Å². The Kier molecular flexibility index (Phi) is 6.35. The molecule has 3 aromatic heterocycles. The molecule has 5 heterocycles. The number of sulfone groups is 1. The molecule has 38 heavy (non-hydrogen) atoms. The van der Waals surface area contributed by atoms with Gasteiger partial charge < -0.3 is 19.9 Å². The SMILES string of the molecule is [2H]C([2H])([2H])O[C@@H]1CCN(c2nccc(Nc3cc4c(C(C)C)ncc(N5CC(CS(C)(=O)=O)C5)c4cn3)n2)C[C@@H]1F. The highest BCUT2D eigenvalue weighted by Gasteiger charge is 2.32. The molecule has 10 nitrogen and oxygen atoms in total. The monoisotopic (exact) mass is 546 g/mol. The van der Waals surface area contributed by atoms with Crippen LogP contribution in [0.4, 0.5) is 27.7 Å². The van der Waals surface area contributed by atoms with E-state index in [0.29, 0.717) is 37.2 Å². The first-order chi connectivity index (χ1) is 19.3. The van der Waals surface area contributed by atoms with Crippen molar-refractivity contribution in [3.63, 3.8) is 0 Å². The highest BCUT2D eigenvalue weighted by Crippen LogP contribution is 2.35. The molecule has 0 unspecified atom stereocenters. The molecule has 0 radical (unpaired) electrons. The molecule has 0 saturated carbocycles. The summed E-state index contributed by atoms with van der Waals surface area (Å²) < 4.78 is 64.7. The molecule has 0 amide bonds. The van der Waals surface area contributed by atoms with Crippen molar-refractivity contribution < 1.29 is 21.7 Å². The third-order valence-electron chi connectivity index (χ3n) is 6.98. The van der Waals surface area contributed by atoms with Crippen LogP contribution in [0.3, 0.4) is 0 Å². The predicted octanol–water partition coefficient (Wildman–Crippen LogP) is 3.33. The van der Waals surface area contributed by atoms with Gasteiger partial charge in [-0.2, -0.15) is 4.98 Å². The van der Waals surface area contributed by atoms with E-state index in [-0.39, 0.29) is 30.6 Å². The molecule has 0 spiro atoms. The van der Waals surface area contributed by atoms with Gasteiger partial charge in [-0.3, -0.25) is 4.98 Å². The third kappa shape index (κ3) is 5.65. The first kappa shape index (κ1) is 22.8. The number of methoxy groups -OCH3 is 1. The highest BCUT2D eigenvalue weighted by molar-refractivity contribution is 7.90. The van der Waals surface area contributed by atoms with Crippen LogP contribution in [0.15, 0.2) is 30.7 Å². The van der Waals surface area contributed by atoms with E-state index in [2.05, 4.69) is 39.0 Å². The van der Waals surface area contributed by atoms with Crippen LogP contribution in [0.5, 0.6) is 0 Å². The fourth-order valence-corrected chi connectivity index (χ4v) is 6.19. The van der Waals surface area contributed by atoms with E-state index >= 15 is 0 Å². The molecule has 5 rings (SSSR count). The normalized spacial score (nSPS) is 22.2. The lowest BCUT2D eigenvalue weighted by Crippen LogP contribution is -2.49. The minimum Gasteiger partial charge on any atom is -0.378 e. The number of fused-ring (bicyclic) bond motifs is 1. The Balaban J connectivity index is 1.33. The van der Waals surface area contributed by atoms with Crippen LogP contribution in [-0.2, 0) is 14.6 Å². The highest BCUT2D eigenvalue weighted by atomic mass is 32.2. The predicted molar refractivity (Wildman–Crippen MR) is 147 cm³/mol. The van der Waals surface area contributed by atoms with Gasteiger partial charge in [-0.25, -0.2) is 22.8 Å². The number of nitrogens with one attached hydrogen (secondary N) is 1. The number of alkyl halides is 1. The molecule has 1 N–H and O–H groups in total. The fraction of sp³-hybridized carbons (Fsp3) is 0.538. The van der Waals surface area contributed by atoms with E-state index in [1.54, 1.807) is 23.4 Å². The van der Waals surface area contributed by atoms with Gasteiger partial charge in [-0.15, -0.1) is 0 Å². The van der Waals surface area contributed by atoms with Gasteiger partial charge in [0.25, 0.3) is 0 Å². The summed E-state index contributed by atoms with van der Waals surface area (Å²) in [5, 5.41) is 5.09. The van der Waals surface area contributed by atoms with Crippen LogP contribution in [0.1, 0.15) is 36.0 Å². The van der Waals surface area contributed by atoms with Crippen molar-refractivity contribution in [1.29, 1.82) is 0 Å². The van der Waals surface area contributed by atoms with Crippen LogP contribution in [0, 0.1) is 5.92 Å². The van der Waals surface area contributed by atoms with E-state index in [0.717, 1.165) is 22.2 Å². The third-order valence-corrected chi connectivity index (χ3v) is 8.06. The molecule has 12 heteroatoms. The summed E-state index contributed by atoms with van der Waals surface area (Å²) in [5.74, 6) is 1.77. The van der Waals surface area contributed by atoms with Crippen molar-refractivity contribution in [3.8, 4) is 0 Å². The number of anilines is 4. The Hall–Kier alpha value is -3.12. The molecule has 2 saturated heterocycles. The molecular weight excluding hydrogens is 509 g/mol. The summed E-state index contributed by atoms with van der Waals surface area (Å²) in [4.78, 5) is 22.0. The maximum absolute atomic E-state index is 14.7. The molecule has 204 valence electrons. The van der Waals surface area contributed by atoms with Crippen molar-refractivity contribution in [2.75, 3.05) is 60.3 Å². The minimum atomic E-state index is -3.03. The molecule has 2 fully saturated rings. The Morgan fingerprint density at radius 3 is 2.68 bits per heavy atom. The summed E-state index contributed by atoms with van der Waals surface area (Å²) in [6.45, 7) is 5.71. The van der Waals surface area contributed by atoms with Gasteiger partial charge in [0, 0.05) is 62.0 Å². The van der Waals surface area contributed by atoms with Gasteiger partial charge in [0.1, 0.15) is 27.6 Å². The lowest BCUT2D eigenvalue weighted by Gasteiger charge is -2.41. The van der Waals surface area contributed by atoms with Crippen LogP contribution < -0.4 is 15.1 Å². The number of hydrogen-bond donors (Lipinski definition) is 1. The number of ether oxygens (including phenoxy) is 1. The summed E-state index contributed by atoms with van der Waals surface area (Å²) >= 11 is 0. The van der Waals surface area contributed by atoms with Crippen molar-refractivity contribution in [2.24, 2.45) is 5.92 Å². The Morgan fingerprint density at radius 2 is 1.97 bits per heavy atom. The van der Waals surface area contributed by atoms with Gasteiger partial charge >= 0.3 is 0 Å². The van der Waals surface area contributed by atoms with Crippen LogP contribution in [0.25, 0.3) is 10.8 Å². The maximum Gasteiger partial charge on any atom is 0.227 e. The van der Waals surface area contributed by atoms with Gasteiger partial charge in [-0.05, 0) is 24.5 Å². The molecule has 0 aromatic carbocycles. The smallest absolute Gasteiger partial charge is 0.227 e. The molecule has 0 bridgehead atoms. The number of hydrogen-bond acceptors (Lipinski definition) is 10. The zero-order chi connectivity index (χ0) is 29.5.